The summed E-state index contributed by atoms with van der Waals surface area (Å²) in [7, 11) is 1.90. The zero-order valence-corrected chi connectivity index (χ0v) is 18.9. The van der Waals surface area contributed by atoms with Gasteiger partial charge in [0.1, 0.15) is 5.69 Å². The highest BCUT2D eigenvalue weighted by Crippen LogP contribution is 2.30. The Labute approximate surface area is 194 Å². The SMILES string of the molecule is Cn1cccc1C(=O)N1CCC(c2ccc(NC(=O)N3CC(c4cccnc4)C3)cc2)CC1. The number of hydrogen-bond donors (Lipinski definition) is 1. The van der Waals surface area contributed by atoms with Gasteiger partial charge in [0.25, 0.3) is 5.91 Å². The van der Waals surface area contributed by atoms with Crippen LogP contribution in [-0.2, 0) is 7.05 Å². The van der Waals surface area contributed by atoms with Gasteiger partial charge in [-0.3, -0.25) is 9.78 Å². The van der Waals surface area contributed by atoms with Gasteiger partial charge >= 0.3 is 6.03 Å². The molecule has 0 bridgehead atoms. The molecule has 33 heavy (non-hydrogen) atoms. The maximum atomic E-state index is 12.7. The molecule has 0 atom stereocenters. The number of amides is 3. The molecule has 7 heteroatoms. The predicted octanol–water partition coefficient (Wildman–Crippen LogP) is 4.07. The summed E-state index contributed by atoms with van der Waals surface area (Å²) in [6, 6.07) is 15.9. The van der Waals surface area contributed by atoms with E-state index >= 15 is 0 Å². The molecule has 2 aromatic heterocycles. The van der Waals surface area contributed by atoms with Crippen LogP contribution in [0.25, 0.3) is 0 Å². The fourth-order valence-corrected chi connectivity index (χ4v) is 4.78. The number of pyridine rings is 1. The lowest BCUT2D eigenvalue weighted by Crippen LogP contribution is -2.50. The quantitative estimate of drug-likeness (QED) is 0.661. The second kappa shape index (κ2) is 9.10. The van der Waals surface area contributed by atoms with E-state index in [-0.39, 0.29) is 11.9 Å². The van der Waals surface area contributed by atoms with Crippen molar-refractivity contribution < 1.29 is 9.59 Å². The van der Waals surface area contributed by atoms with Crippen molar-refractivity contribution in [3.05, 3.63) is 83.9 Å². The number of anilines is 1. The average molecular weight is 444 g/mol. The van der Waals surface area contributed by atoms with Crippen LogP contribution < -0.4 is 5.32 Å². The second-order valence-corrected chi connectivity index (χ2v) is 9.01. The highest BCUT2D eigenvalue weighted by Gasteiger charge is 2.32. The smallest absolute Gasteiger partial charge is 0.321 e. The van der Waals surface area contributed by atoms with Crippen molar-refractivity contribution >= 4 is 17.6 Å². The van der Waals surface area contributed by atoms with E-state index in [1.165, 1.54) is 11.1 Å². The minimum Gasteiger partial charge on any atom is -0.347 e. The van der Waals surface area contributed by atoms with Crippen molar-refractivity contribution in [2.45, 2.75) is 24.7 Å². The van der Waals surface area contributed by atoms with Gasteiger partial charge in [0.05, 0.1) is 0 Å². The Morgan fingerprint density at radius 3 is 2.30 bits per heavy atom. The number of urea groups is 1. The summed E-state index contributed by atoms with van der Waals surface area (Å²) in [5.41, 5.74) is 3.99. The Hall–Kier alpha value is -3.61. The maximum Gasteiger partial charge on any atom is 0.321 e. The molecule has 1 aromatic carbocycles. The Morgan fingerprint density at radius 2 is 1.67 bits per heavy atom. The number of nitrogens with one attached hydrogen (secondary N) is 1. The van der Waals surface area contributed by atoms with Gasteiger partial charge in [-0.15, -0.1) is 0 Å². The highest BCUT2D eigenvalue weighted by atomic mass is 16.2. The van der Waals surface area contributed by atoms with E-state index in [9.17, 15) is 9.59 Å². The number of aryl methyl sites for hydroxylation is 1. The summed E-state index contributed by atoms with van der Waals surface area (Å²) in [5, 5.41) is 3.01. The van der Waals surface area contributed by atoms with E-state index in [0.29, 0.717) is 11.8 Å². The lowest BCUT2D eigenvalue weighted by Gasteiger charge is -2.39. The molecule has 2 aliphatic rings. The fourth-order valence-electron chi connectivity index (χ4n) is 4.78. The van der Waals surface area contributed by atoms with E-state index in [1.807, 2.05) is 64.1 Å². The highest BCUT2D eigenvalue weighted by molar-refractivity contribution is 5.93. The summed E-state index contributed by atoms with van der Waals surface area (Å²) in [5.74, 6) is 0.907. The van der Waals surface area contributed by atoms with Crippen LogP contribution in [0, 0.1) is 0 Å². The van der Waals surface area contributed by atoms with Crippen molar-refractivity contribution in [1.29, 1.82) is 0 Å². The monoisotopic (exact) mass is 443 g/mol. The Morgan fingerprint density at radius 1 is 0.909 bits per heavy atom. The number of piperidine rings is 1. The molecule has 7 nitrogen and oxygen atoms in total. The molecule has 3 aromatic rings. The average Bonchev–Trinajstić information content (AvgIpc) is 3.25. The van der Waals surface area contributed by atoms with Crippen molar-refractivity contribution in [3.63, 3.8) is 0 Å². The van der Waals surface area contributed by atoms with Gasteiger partial charge in [0.15, 0.2) is 0 Å². The molecule has 170 valence electrons. The van der Waals surface area contributed by atoms with E-state index < -0.39 is 0 Å². The van der Waals surface area contributed by atoms with Crippen molar-refractivity contribution in [2.75, 3.05) is 31.5 Å². The van der Waals surface area contributed by atoms with Gasteiger partial charge in [0, 0.05) is 63.4 Å². The molecule has 0 unspecified atom stereocenters. The van der Waals surface area contributed by atoms with Gasteiger partial charge in [-0.25, -0.2) is 4.79 Å². The van der Waals surface area contributed by atoms with Gasteiger partial charge in [-0.1, -0.05) is 18.2 Å². The molecule has 2 saturated heterocycles. The minimum absolute atomic E-state index is 0.0598. The normalized spacial score (nSPS) is 17.0. The van der Waals surface area contributed by atoms with Gasteiger partial charge in [0.2, 0.25) is 0 Å². The first-order chi connectivity index (χ1) is 16.1. The number of hydrogen-bond acceptors (Lipinski definition) is 3. The largest absolute Gasteiger partial charge is 0.347 e. The lowest BCUT2D eigenvalue weighted by molar-refractivity contribution is 0.0703. The summed E-state index contributed by atoms with van der Waals surface area (Å²) >= 11 is 0. The van der Waals surface area contributed by atoms with Crippen LogP contribution in [0.5, 0.6) is 0 Å². The van der Waals surface area contributed by atoms with E-state index in [1.54, 1.807) is 6.20 Å². The number of benzene rings is 1. The summed E-state index contributed by atoms with van der Waals surface area (Å²) in [6.07, 6.45) is 7.45. The molecule has 5 rings (SSSR count). The molecule has 0 saturated carbocycles. The van der Waals surface area contributed by atoms with Crippen LogP contribution in [0.2, 0.25) is 0 Å². The number of nitrogens with zero attached hydrogens (tertiary/aromatic N) is 4. The van der Waals surface area contributed by atoms with Crippen LogP contribution in [0.1, 0.15) is 46.3 Å². The first-order valence-electron chi connectivity index (χ1n) is 11.5. The van der Waals surface area contributed by atoms with Crippen LogP contribution in [0.3, 0.4) is 0 Å². The topological polar surface area (TPSA) is 70.5 Å². The number of carbonyl (C=O) groups is 2. The Bertz CT molecular complexity index is 1110. The predicted molar refractivity (Wildman–Crippen MR) is 127 cm³/mol. The third kappa shape index (κ3) is 4.49. The standard InChI is InChI=1S/C26H29N5O2/c1-29-13-3-5-24(29)25(32)30-14-10-20(11-15-30)19-6-8-23(9-7-19)28-26(33)31-17-22(18-31)21-4-2-12-27-16-21/h2-9,12-13,16,20,22H,10-11,14-15,17-18H2,1H3,(H,28,33). The maximum absolute atomic E-state index is 12.7. The van der Waals surface area contributed by atoms with Gasteiger partial charge in [-0.2, -0.15) is 0 Å². The molecular formula is C26H29N5O2. The molecule has 0 radical (unpaired) electrons. The Kier molecular flexibility index (Phi) is 5.86. The van der Waals surface area contributed by atoms with Gasteiger partial charge in [-0.05, 0) is 60.2 Å². The lowest BCUT2D eigenvalue weighted by atomic mass is 9.89. The number of likely N-dealkylation sites (tertiary alicyclic amines) is 2. The number of rotatable bonds is 4. The molecule has 3 amide bonds. The second-order valence-electron chi connectivity index (χ2n) is 9.01. The number of carbonyl (C=O) groups excluding carboxylic acids is 2. The third-order valence-corrected chi connectivity index (χ3v) is 6.90. The minimum atomic E-state index is -0.0598. The molecule has 0 spiro atoms. The molecule has 4 heterocycles. The molecular weight excluding hydrogens is 414 g/mol. The van der Waals surface area contributed by atoms with Crippen LogP contribution in [0.15, 0.2) is 67.1 Å². The molecule has 1 N–H and O–H groups in total. The van der Waals surface area contributed by atoms with Gasteiger partial charge < -0.3 is 19.7 Å². The Balaban J connectivity index is 1.11. The van der Waals surface area contributed by atoms with E-state index in [4.69, 9.17) is 0 Å². The fraction of sp³-hybridized carbons (Fsp3) is 0.346. The van der Waals surface area contributed by atoms with Crippen LogP contribution >= 0.6 is 0 Å². The van der Waals surface area contributed by atoms with Crippen molar-refractivity contribution in [3.8, 4) is 0 Å². The molecule has 2 aliphatic heterocycles. The van der Waals surface area contributed by atoms with Crippen LogP contribution in [-0.4, -0.2) is 57.5 Å². The first-order valence-corrected chi connectivity index (χ1v) is 11.5. The molecule has 0 aliphatic carbocycles. The zero-order chi connectivity index (χ0) is 22.8. The summed E-state index contributed by atoms with van der Waals surface area (Å²) in [6.45, 7) is 2.96. The zero-order valence-electron chi connectivity index (χ0n) is 18.9. The van der Waals surface area contributed by atoms with Crippen molar-refractivity contribution in [1.82, 2.24) is 19.4 Å². The molecule has 2 fully saturated rings. The summed E-state index contributed by atoms with van der Waals surface area (Å²) < 4.78 is 1.88. The first kappa shape index (κ1) is 21.2. The third-order valence-electron chi connectivity index (χ3n) is 6.90. The summed E-state index contributed by atoms with van der Waals surface area (Å²) in [4.78, 5) is 33.2. The van der Waals surface area contributed by atoms with E-state index in [2.05, 4.69) is 28.5 Å². The van der Waals surface area contributed by atoms with Crippen LogP contribution in [0.4, 0.5) is 10.5 Å². The number of aromatic nitrogens is 2. The van der Waals surface area contributed by atoms with Crippen molar-refractivity contribution in [2.24, 2.45) is 7.05 Å². The van der Waals surface area contributed by atoms with E-state index in [0.717, 1.165) is 50.4 Å².